The second-order valence-electron chi connectivity index (χ2n) is 7.11. The van der Waals surface area contributed by atoms with Crippen molar-refractivity contribution in [2.45, 2.75) is 38.2 Å². The molecule has 0 aromatic heterocycles. The van der Waals surface area contributed by atoms with Gasteiger partial charge >= 0.3 is 12.4 Å². The Morgan fingerprint density at radius 2 is 1.53 bits per heavy atom. The quantitative estimate of drug-likeness (QED) is 0.314. The normalized spacial score (nSPS) is 13.6. The Balaban J connectivity index is 2.50. The number of carbonyl (C=O) groups excluding carboxylic acids is 1. The maximum atomic E-state index is 13.6. The predicted octanol–water partition coefficient (Wildman–Crippen LogP) is 8.16. The molecule has 2 rings (SSSR count). The molecule has 0 aliphatic rings. The van der Waals surface area contributed by atoms with E-state index in [1.165, 1.54) is 0 Å². The highest BCUT2D eigenvalue weighted by Crippen LogP contribution is 2.41. The molecule has 2 nitrogen and oxygen atoms in total. The van der Waals surface area contributed by atoms with Gasteiger partial charge in [-0.25, -0.2) is 0 Å². The number of carbonyl (C=O) groups is 1. The third-order valence-electron chi connectivity index (χ3n) is 4.21. The first kappa shape index (κ1) is 26.4. The van der Waals surface area contributed by atoms with Crippen molar-refractivity contribution in [3.8, 4) is 0 Å². The molecule has 0 heterocycles. The summed E-state index contributed by atoms with van der Waals surface area (Å²) in [5.41, 5.74) is -2.41. The standard InChI is InChI=1S/C21H16Cl3F6NO/c1-10(2)31-19(32)13-5-3-11(7-15(13)21(28,29)30)4-6-14(20(25,26)27)12-8-16(22)18(24)17(23)9-12/h3-10,14H,1-2H3,(H,31,32)/b6-4+. The minimum atomic E-state index is -4.89. The summed E-state index contributed by atoms with van der Waals surface area (Å²) < 4.78 is 81.3. The Morgan fingerprint density at radius 1 is 0.969 bits per heavy atom. The summed E-state index contributed by atoms with van der Waals surface area (Å²) in [6, 6.07) is 4.21. The molecule has 32 heavy (non-hydrogen) atoms. The van der Waals surface area contributed by atoms with Crippen molar-refractivity contribution in [3.63, 3.8) is 0 Å². The van der Waals surface area contributed by atoms with E-state index in [0.29, 0.717) is 12.1 Å². The second kappa shape index (κ2) is 9.93. The fraction of sp³-hybridized carbons (Fsp3) is 0.286. The molecule has 1 atom stereocenters. The third-order valence-corrected chi connectivity index (χ3v) is 5.41. The lowest BCUT2D eigenvalue weighted by molar-refractivity contribution is -0.139. The molecule has 0 radical (unpaired) electrons. The molecule has 0 saturated carbocycles. The van der Waals surface area contributed by atoms with Crippen molar-refractivity contribution in [2.75, 3.05) is 0 Å². The van der Waals surface area contributed by atoms with Crippen molar-refractivity contribution in [1.82, 2.24) is 5.32 Å². The van der Waals surface area contributed by atoms with Gasteiger partial charge in [0.2, 0.25) is 0 Å². The Hall–Kier alpha value is -1.90. The van der Waals surface area contributed by atoms with E-state index in [0.717, 1.165) is 30.3 Å². The minimum Gasteiger partial charge on any atom is -0.350 e. The van der Waals surface area contributed by atoms with Gasteiger partial charge in [-0.15, -0.1) is 0 Å². The maximum absolute atomic E-state index is 13.6. The summed E-state index contributed by atoms with van der Waals surface area (Å²) in [4.78, 5) is 12.1. The fourth-order valence-electron chi connectivity index (χ4n) is 2.81. The van der Waals surface area contributed by atoms with Crippen molar-refractivity contribution >= 4 is 46.8 Å². The number of rotatable bonds is 5. The van der Waals surface area contributed by atoms with E-state index in [9.17, 15) is 31.1 Å². The zero-order valence-electron chi connectivity index (χ0n) is 16.5. The van der Waals surface area contributed by atoms with Gasteiger partial charge in [-0.3, -0.25) is 4.79 Å². The molecule has 0 aliphatic heterocycles. The number of halogens is 9. The first-order chi connectivity index (χ1) is 14.6. The van der Waals surface area contributed by atoms with Crippen LogP contribution in [0.25, 0.3) is 6.08 Å². The summed E-state index contributed by atoms with van der Waals surface area (Å²) in [6.07, 6.45) is -8.12. The molecule has 2 aromatic carbocycles. The van der Waals surface area contributed by atoms with Crippen LogP contribution >= 0.6 is 34.8 Å². The van der Waals surface area contributed by atoms with Gasteiger partial charge in [-0.2, -0.15) is 26.3 Å². The topological polar surface area (TPSA) is 29.1 Å². The van der Waals surface area contributed by atoms with Gasteiger partial charge in [0.1, 0.15) is 0 Å². The highest BCUT2D eigenvalue weighted by Gasteiger charge is 2.40. The zero-order valence-corrected chi connectivity index (χ0v) is 18.8. The van der Waals surface area contributed by atoms with Crippen LogP contribution in [-0.2, 0) is 6.18 Å². The average Bonchev–Trinajstić information content (AvgIpc) is 2.63. The second-order valence-corrected chi connectivity index (χ2v) is 8.30. The van der Waals surface area contributed by atoms with Crippen molar-refractivity contribution in [2.24, 2.45) is 0 Å². The van der Waals surface area contributed by atoms with Crippen molar-refractivity contribution in [1.29, 1.82) is 0 Å². The molecule has 1 unspecified atom stereocenters. The summed E-state index contributed by atoms with van der Waals surface area (Å²) >= 11 is 17.4. The smallest absolute Gasteiger partial charge is 0.350 e. The average molecular weight is 519 g/mol. The largest absolute Gasteiger partial charge is 0.417 e. The lowest BCUT2D eigenvalue weighted by Gasteiger charge is -2.19. The van der Waals surface area contributed by atoms with Crippen LogP contribution in [0, 0.1) is 0 Å². The van der Waals surface area contributed by atoms with E-state index in [4.69, 9.17) is 34.8 Å². The monoisotopic (exact) mass is 517 g/mol. The number of allylic oxidation sites excluding steroid dienone is 1. The van der Waals surface area contributed by atoms with Crippen LogP contribution < -0.4 is 5.32 Å². The molecule has 0 saturated heterocycles. The number of alkyl halides is 6. The summed E-state index contributed by atoms with van der Waals surface area (Å²) in [6.45, 7) is 3.16. The lowest BCUT2D eigenvalue weighted by Crippen LogP contribution is -2.31. The van der Waals surface area contributed by atoms with E-state index >= 15 is 0 Å². The van der Waals surface area contributed by atoms with Gasteiger partial charge in [0.15, 0.2) is 0 Å². The van der Waals surface area contributed by atoms with E-state index in [1.807, 2.05) is 0 Å². The first-order valence-electron chi connectivity index (χ1n) is 9.02. The number of amides is 1. The molecule has 0 bridgehead atoms. The molecule has 11 heteroatoms. The van der Waals surface area contributed by atoms with Crippen LogP contribution in [0.3, 0.4) is 0 Å². The van der Waals surface area contributed by atoms with Crippen LogP contribution in [0.5, 0.6) is 0 Å². The van der Waals surface area contributed by atoms with Crippen LogP contribution in [0.1, 0.15) is 46.8 Å². The van der Waals surface area contributed by atoms with Gasteiger partial charge in [0.25, 0.3) is 5.91 Å². The number of hydrogen-bond donors (Lipinski definition) is 1. The zero-order chi connectivity index (χ0) is 24.4. The van der Waals surface area contributed by atoms with Crippen LogP contribution in [0.4, 0.5) is 26.3 Å². The fourth-order valence-corrected chi connectivity index (χ4v) is 3.42. The number of hydrogen-bond acceptors (Lipinski definition) is 1. The van der Waals surface area contributed by atoms with Gasteiger partial charge in [-0.05, 0) is 49.2 Å². The summed E-state index contributed by atoms with van der Waals surface area (Å²) in [5.74, 6) is -3.16. The molecule has 0 fully saturated rings. The Kier molecular flexibility index (Phi) is 8.18. The predicted molar refractivity (Wildman–Crippen MR) is 113 cm³/mol. The van der Waals surface area contributed by atoms with Crippen LogP contribution in [0.2, 0.25) is 15.1 Å². The highest BCUT2D eigenvalue weighted by atomic mass is 35.5. The van der Waals surface area contributed by atoms with E-state index in [-0.39, 0.29) is 26.2 Å². The summed E-state index contributed by atoms with van der Waals surface area (Å²) in [7, 11) is 0. The van der Waals surface area contributed by atoms with Crippen LogP contribution in [0.15, 0.2) is 36.4 Å². The first-order valence-corrected chi connectivity index (χ1v) is 10.2. The van der Waals surface area contributed by atoms with Gasteiger partial charge in [0, 0.05) is 6.04 Å². The van der Waals surface area contributed by atoms with E-state index < -0.39 is 41.3 Å². The summed E-state index contributed by atoms with van der Waals surface area (Å²) in [5, 5.41) is 1.84. The van der Waals surface area contributed by atoms with E-state index in [2.05, 4.69) is 5.32 Å². The van der Waals surface area contributed by atoms with Crippen LogP contribution in [-0.4, -0.2) is 18.1 Å². The molecular weight excluding hydrogens is 503 g/mol. The van der Waals surface area contributed by atoms with Gasteiger partial charge in [-0.1, -0.05) is 53.0 Å². The molecule has 2 aromatic rings. The van der Waals surface area contributed by atoms with E-state index in [1.54, 1.807) is 13.8 Å². The SMILES string of the molecule is CC(C)NC(=O)c1ccc(/C=C/C(c2cc(Cl)c(Cl)c(Cl)c2)C(F)(F)F)cc1C(F)(F)F. The maximum Gasteiger partial charge on any atom is 0.417 e. The Labute approximate surface area is 195 Å². The minimum absolute atomic E-state index is 0.118. The van der Waals surface area contributed by atoms with Crippen molar-refractivity contribution in [3.05, 3.63) is 73.7 Å². The number of nitrogens with one attached hydrogen (secondary N) is 1. The lowest BCUT2D eigenvalue weighted by atomic mass is 9.96. The van der Waals surface area contributed by atoms with Gasteiger partial charge in [0.05, 0.1) is 32.1 Å². The highest BCUT2D eigenvalue weighted by molar-refractivity contribution is 6.48. The van der Waals surface area contributed by atoms with Crippen molar-refractivity contribution < 1.29 is 31.1 Å². The Morgan fingerprint density at radius 3 is 2.00 bits per heavy atom. The molecular formula is C21H16Cl3F6NO. The molecule has 0 spiro atoms. The molecule has 174 valence electrons. The third kappa shape index (κ3) is 6.56. The Bertz CT molecular complexity index is 1010. The number of benzene rings is 2. The molecule has 0 aliphatic carbocycles. The van der Waals surface area contributed by atoms with Gasteiger partial charge < -0.3 is 5.32 Å². The molecule has 1 amide bonds. The molecule has 1 N–H and O–H groups in total.